The Balaban J connectivity index is 2.33. The van der Waals surface area contributed by atoms with Crippen LogP contribution >= 0.6 is 0 Å². The molecule has 0 heteroatoms. The first kappa shape index (κ1) is 10.8. The fraction of sp³-hybridized carbons (Fsp3) is 0.412. The van der Waals surface area contributed by atoms with E-state index < -0.39 is 0 Å². The van der Waals surface area contributed by atoms with Crippen LogP contribution in [0.25, 0.3) is 5.57 Å². The molecule has 0 aliphatic heterocycles. The van der Waals surface area contributed by atoms with E-state index in [-0.39, 0.29) is 5.41 Å². The first-order chi connectivity index (χ1) is 8.03. The van der Waals surface area contributed by atoms with Crippen LogP contribution in [0.5, 0.6) is 0 Å². The maximum absolute atomic E-state index is 2.45. The molecular formula is C17H20. The zero-order chi connectivity index (χ0) is 12.2. The van der Waals surface area contributed by atoms with E-state index in [4.69, 9.17) is 0 Å². The zero-order valence-electron chi connectivity index (χ0n) is 11.2. The van der Waals surface area contributed by atoms with Crippen molar-refractivity contribution < 1.29 is 0 Å². The summed E-state index contributed by atoms with van der Waals surface area (Å²) in [6, 6.07) is 8.89. The maximum atomic E-state index is 2.45. The predicted octanol–water partition coefficient (Wildman–Crippen LogP) is 4.72. The summed E-state index contributed by atoms with van der Waals surface area (Å²) in [5, 5.41) is 0. The highest BCUT2D eigenvalue weighted by Crippen LogP contribution is 2.53. The highest BCUT2D eigenvalue weighted by atomic mass is 14.4. The van der Waals surface area contributed by atoms with Gasteiger partial charge >= 0.3 is 0 Å². The second kappa shape index (κ2) is 3.35. The molecule has 0 amide bonds. The van der Waals surface area contributed by atoms with Gasteiger partial charge in [0.25, 0.3) is 0 Å². The van der Waals surface area contributed by atoms with E-state index in [0.29, 0.717) is 5.92 Å². The van der Waals surface area contributed by atoms with E-state index in [2.05, 4.69) is 58.0 Å². The third-order valence-electron chi connectivity index (χ3n) is 4.59. The number of hydrogen-bond donors (Lipinski definition) is 0. The summed E-state index contributed by atoms with van der Waals surface area (Å²) in [7, 11) is 0. The van der Waals surface area contributed by atoms with Crippen LogP contribution in [0.15, 0.2) is 41.5 Å². The van der Waals surface area contributed by atoms with Gasteiger partial charge in [0.1, 0.15) is 0 Å². The fourth-order valence-corrected chi connectivity index (χ4v) is 3.50. The van der Waals surface area contributed by atoms with Crippen molar-refractivity contribution in [3.8, 4) is 0 Å². The molecule has 0 heterocycles. The van der Waals surface area contributed by atoms with Gasteiger partial charge in [0.15, 0.2) is 0 Å². The van der Waals surface area contributed by atoms with Gasteiger partial charge in [0.2, 0.25) is 0 Å². The molecule has 1 atom stereocenters. The third-order valence-corrected chi connectivity index (χ3v) is 4.59. The number of hydrogen-bond acceptors (Lipinski definition) is 0. The Bertz CT molecular complexity index is 541. The Kier molecular flexibility index (Phi) is 2.13. The number of benzene rings is 1. The molecule has 1 aromatic carbocycles. The van der Waals surface area contributed by atoms with Crippen molar-refractivity contribution in [2.75, 3.05) is 0 Å². The monoisotopic (exact) mass is 224 g/mol. The van der Waals surface area contributed by atoms with Crippen LogP contribution < -0.4 is 0 Å². The fourth-order valence-electron chi connectivity index (χ4n) is 3.50. The Morgan fingerprint density at radius 3 is 2.65 bits per heavy atom. The normalized spacial score (nSPS) is 25.4. The molecule has 0 saturated carbocycles. The molecule has 0 fully saturated rings. The lowest BCUT2D eigenvalue weighted by atomic mass is 9.75. The van der Waals surface area contributed by atoms with Gasteiger partial charge in [0, 0.05) is 5.41 Å². The number of rotatable bonds is 0. The molecule has 2 aliphatic carbocycles. The molecule has 17 heavy (non-hydrogen) atoms. The van der Waals surface area contributed by atoms with Crippen molar-refractivity contribution >= 4 is 5.57 Å². The Morgan fingerprint density at radius 2 is 1.88 bits per heavy atom. The van der Waals surface area contributed by atoms with Crippen LogP contribution in [-0.2, 0) is 5.41 Å². The average molecular weight is 224 g/mol. The summed E-state index contributed by atoms with van der Waals surface area (Å²) in [5.74, 6) is 0.697. The first-order valence-electron chi connectivity index (χ1n) is 6.55. The topological polar surface area (TPSA) is 0 Å². The molecule has 0 radical (unpaired) electrons. The summed E-state index contributed by atoms with van der Waals surface area (Å²) < 4.78 is 0. The SMILES string of the molecule is CC1=C2C(=CCC1C)c1ccccc1C2(C)C. The molecule has 1 aromatic rings. The van der Waals surface area contributed by atoms with Gasteiger partial charge in [-0.3, -0.25) is 0 Å². The van der Waals surface area contributed by atoms with Crippen molar-refractivity contribution in [2.45, 2.75) is 39.5 Å². The van der Waals surface area contributed by atoms with Crippen LogP contribution in [0.3, 0.4) is 0 Å². The van der Waals surface area contributed by atoms with Crippen LogP contribution in [0.1, 0.15) is 45.2 Å². The molecule has 88 valence electrons. The summed E-state index contributed by atoms with van der Waals surface area (Å²) >= 11 is 0. The lowest BCUT2D eigenvalue weighted by Gasteiger charge is -2.29. The molecule has 0 N–H and O–H groups in total. The smallest absolute Gasteiger partial charge is 0.0158 e. The minimum absolute atomic E-state index is 0.182. The lowest BCUT2D eigenvalue weighted by molar-refractivity contribution is 0.608. The molecule has 0 bridgehead atoms. The van der Waals surface area contributed by atoms with E-state index in [1.165, 1.54) is 23.1 Å². The van der Waals surface area contributed by atoms with Crippen LogP contribution in [0.2, 0.25) is 0 Å². The first-order valence-corrected chi connectivity index (χ1v) is 6.55. The highest BCUT2D eigenvalue weighted by Gasteiger charge is 2.40. The molecule has 0 nitrogen and oxygen atoms in total. The van der Waals surface area contributed by atoms with Gasteiger partial charge in [-0.1, -0.05) is 56.7 Å². The number of fused-ring (bicyclic) bond motifs is 3. The second-order valence-corrected chi connectivity index (χ2v) is 5.98. The second-order valence-electron chi connectivity index (χ2n) is 5.98. The van der Waals surface area contributed by atoms with Gasteiger partial charge in [-0.2, -0.15) is 0 Å². The summed E-state index contributed by atoms with van der Waals surface area (Å²) in [4.78, 5) is 0. The van der Waals surface area contributed by atoms with Crippen molar-refractivity contribution in [1.82, 2.24) is 0 Å². The summed E-state index contributed by atoms with van der Waals surface area (Å²) in [6.07, 6.45) is 3.63. The Labute approximate surface area is 104 Å². The van der Waals surface area contributed by atoms with Gasteiger partial charge in [-0.05, 0) is 41.5 Å². The minimum atomic E-state index is 0.182. The van der Waals surface area contributed by atoms with Crippen molar-refractivity contribution in [1.29, 1.82) is 0 Å². The molecular weight excluding hydrogens is 204 g/mol. The molecule has 0 saturated heterocycles. The molecule has 1 unspecified atom stereocenters. The molecule has 0 aromatic heterocycles. The highest BCUT2D eigenvalue weighted by molar-refractivity contribution is 5.91. The van der Waals surface area contributed by atoms with E-state index in [9.17, 15) is 0 Å². The van der Waals surface area contributed by atoms with Crippen molar-refractivity contribution in [3.63, 3.8) is 0 Å². The predicted molar refractivity (Wildman–Crippen MR) is 73.9 cm³/mol. The van der Waals surface area contributed by atoms with E-state index in [1.54, 1.807) is 11.1 Å². The van der Waals surface area contributed by atoms with E-state index >= 15 is 0 Å². The van der Waals surface area contributed by atoms with Gasteiger partial charge in [-0.25, -0.2) is 0 Å². The molecule has 2 aliphatic rings. The van der Waals surface area contributed by atoms with Crippen LogP contribution in [-0.4, -0.2) is 0 Å². The van der Waals surface area contributed by atoms with Gasteiger partial charge < -0.3 is 0 Å². The standard InChI is InChI=1S/C17H20/c1-11-9-10-14-13-7-5-6-8-15(13)17(3,4)16(14)12(11)2/h5-8,10-11H,9H2,1-4H3. The van der Waals surface area contributed by atoms with Gasteiger partial charge in [-0.15, -0.1) is 0 Å². The maximum Gasteiger partial charge on any atom is 0.0158 e. The number of allylic oxidation sites excluding steroid dienone is 4. The third kappa shape index (κ3) is 1.30. The summed E-state index contributed by atoms with van der Waals surface area (Å²) in [6.45, 7) is 9.39. The van der Waals surface area contributed by atoms with E-state index in [0.717, 1.165) is 0 Å². The average Bonchev–Trinajstić information content (AvgIpc) is 2.54. The van der Waals surface area contributed by atoms with Crippen molar-refractivity contribution in [2.24, 2.45) is 5.92 Å². The largest absolute Gasteiger partial charge is 0.0758 e. The molecule has 3 rings (SSSR count). The summed E-state index contributed by atoms with van der Waals surface area (Å²) in [5.41, 5.74) is 7.80. The van der Waals surface area contributed by atoms with Gasteiger partial charge in [0.05, 0.1) is 0 Å². The van der Waals surface area contributed by atoms with Crippen molar-refractivity contribution in [3.05, 3.63) is 52.6 Å². The lowest BCUT2D eigenvalue weighted by Crippen LogP contribution is -2.19. The Hall–Kier alpha value is -1.30. The van der Waals surface area contributed by atoms with E-state index in [1.807, 2.05) is 0 Å². The minimum Gasteiger partial charge on any atom is -0.0758 e. The van der Waals surface area contributed by atoms with Crippen LogP contribution in [0.4, 0.5) is 0 Å². The quantitative estimate of drug-likeness (QED) is 0.598. The Morgan fingerprint density at radius 1 is 1.18 bits per heavy atom. The zero-order valence-corrected chi connectivity index (χ0v) is 11.2. The van der Waals surface area contributed by atoms with Crippen LogP contribution in [0, 0.1) is 5.92 Å². The molecule has 0 spiro atoms.